The molecule has 0 radical (unpaired) electrons. The van der Waals surface area contributed by atoms with Gasteiger partial charge < -0.3 is 10.6 Å². The van der Waals surface area contributed by atoms with E-state index in [2.05, 4.69) is 22.5 Å². The second-order valence-electron chi connectivity index (χ2n) is 4.62. The van der Waals surface area contributed by atoms with Crippen LogP contribution in [0.1, 0.15) is 16.0 Å². The van der Waals surface area contributed by atoms with Gasteiger partial charge in [-0.05, 0) is 30.3 Å². The van der Waals surface area contributed by atoms with E-state index in [1.54, 1.807) is 12.1 Å². The zero-order valence-corrected chi connectivity index (χ0v) is 13.8. The van der Waals surface area contributed by atoms with Gasteiger partial charge >= 0.3 is 12.2 Å². The van der Waals surface area contributed by atoms with E-state index >= 15 is 0 Å². The maximum absolute atomic E-state index is 12.6. The molecule has 8 heteroatoms. The van der Waals surface area contributed by atoms with Crippen molar-refractivity contribution in [2.24, 2.45) is 0 Å². The summed E-state index contributed by atoms with van der Waals surface area (Å²) in [4.78, 5) is 12.5. The summed E-state index contributed by atoms with van der Waals surface area (Å²) < 4.78 is 38.3. The minimum Gasteiger partial charge on any atom is -0.333 e. The lowest BCUT2D eigenvalue weighted by Gasteiger charge is -2.06. The fourth-order valence-corrected chi connectivity index (χ4v) is 2.75. The molecular weight excluding hydrogens is 361 g/mol. The van der Waals surface area contributed by atoms with Gasteiger partial charge in [0.05, 0.1) is 23.0 Å². The molecule has 0 spiro atoms. The molecule has 2 rings (SSSR count). The van der Waals surface area contributed by atoms with Gasteiger partial charge in [0.1, 0.15) is 0 Å². The quantitative estimate of drug-likeness (QED) is 0.776. The molecule has 1 heterocycles. The van der Waals surface area contributed by atoms with E-state index in [4.69, 9.17) is 11.6 Å². The van der Waals surface area contributed by atoms with Crippen molar-refractivity contribution in [2.75, 3.05) is 6.54 Å². The molecule has 0 atom stereocenters. The molecule has 0 saturated carbocycles. The first kappa shape index (κ1) is 18.2. The highest BCUT2D eigenvalue weighted by molar-refractivity contribution is 7.16. The molecule has 1 aromatic carbocycles. The van der Waals surface area contributed by atoms with E-state index in [0.717, 1.165) is 17.0 Å². The summed E-state index contributed by atoms with van der Waals surface area (Å²) in [6.07, 6.45) is -4.40. The molecule has 3 nitrogen and oxygen atoms in total. The lowest BCUT2D eigenvalue weighted by atomic mass is 10.1. The number of hydrogen-bond donors (Lipinski definition) is 2. The van der Waals surface area contributed by atoms with Crippen LogP contribution in [0.25, 0.3) is 0 Å². The Bertz CT molecular complexity index is 777. The summed E-state index contributed by atoms with van der Waals surface area (Å²) in [5, 5.41) is 5.13. The molecule has 0 unspecified atom stereocenters. The largest absolute Gasteiger partial charge is 0.416 e. The van der Waals surface area contributed by atoms with Gasteiger partial charge in [0, 0.05) is 10.4 Å². The Balaban J connectivity index is 1.80. The molecule has 0 saturated heterocycles. The maximum atomic E-state index is 12.6. The van der Waals surface area contributed by atoms with Gasteiger partial charge in [-0.3, -0.25) is 0 Å². The molecule has 0 aliphatic carbocycles. The standard InChI is InChI=1S/C16H12ClF3N2OS/c17-14-7-6-13(24-14)10-22-15(23)21-8-2-4-11-3-1-5-12(9-11)16(18,19)20/h1,3,5-7,9H,8,10H2,(H2,21,22,23). The first-order valence-corrected chi connectivity index (χ1v) is 7.96. The number of amides is 2. The highest BCUT2D eigenvalue weighted by atomic mass is 35.5. The van der Waals surface area contributed by atoms with Gasteiger partial charge in [-0.15, -0.1) is 11.3 Å². The Kier molecular flexibility index (Phi) is 6.12. The monoisotopic (exact) mass is 372 g/mol. The van der Waals surface area contributed by atoms with E-state index in [1.165, 1.54) is 23.5 Å². The summed E-state index contributed by atoms with van der Waals surface area (Å²) in [6, 6.07) is 7.84. The fraction of sp³-hybridized carbons (Fsp3) is 0.188. The molecule has 126 valence electrons. The lowest BCUT2D eigenvalue weighted by molar-refractivity contribution is -0.137. The summed E-state index contributed by atoms with van der Waals surface area (Å²) in [6.45, 7) is 0.359. The van der Waals surface area contributed by atoms with Crippen molar-refractivity contribution >= 4 is 29.0 Å². The number of rotatable bonds is 3. The highest BCUT2D eigenvalue weighted by Gasteiger charge is 2.30. The summed E-state index contributed by atoms with van der Waals surface area (Å²) in [7, 11) is 0. The highest BCUT2D eigenvalue weighted by Crippen LogP contribution is 2.29. The van der Waals surface area contributed by atoms with Gasteiger partial charge in [-0.25, -0.2) is 4.79 Å². The van der Waals surface area contributed by atoms with Crippen molar-refractivity contribution in [3.05, 3.63) is 56.7 Å². The smallest absolute Gasteiger partial charge is 0.333 e. The molecule has 24 heavy (non-hydrogen) atoms. The number of hydrogen-bond acceptors (Lipinski definition) is 2. The average Bonchev–Trinajstić information content (AvgIpc) is 2.95. The minimum absolute atomic E-state index is 0.0211. The second kappa shape index (κ2) is 8.08. The van der Waals surface area contributed by atoms with Crippen molar-refractivity contribution in [3.8, 4) is 11.8 Å². The van der Waals surface area contributed by atoms with Gasteiger partial charge in [-0.1, -0.05) is 29.5 Å². The van der Waals surface area contributed by atoms with E-state index < -0.39 is 17.8 Å². The van der Waals surface area contributed by atoms with Crippen molar-refractivity contribution in [3.63, 3.8) is 0 Å². The molecule has 0 aliphatic heterocycles. The fourth-order valence-electron chi connectivity index (χ4n) is 1.72. The molecule has 2 amide bonds. The SMILES string of the molecule is O=C(NCC#Cc1cccc(C(F)(F)F)c1)NCc1ccc(Cl)s1. The third kappa shape index (κ3) is 5.80. The van der Waals surface area contributed by atoms with E-state index in [1.807, 2.05) is 0 Å². The molecule has 0 bridgehead atoms. The van der Waals surface area contributed by atoms with Crippen LogP contribution in [0.5, 0.6) is 0 Å². The van der Waals surface area contributed by atoms with Crippen molar-refractivity contribution in [2.45, 2.75) is 12.7 Å². The predicted molar refractivity (Wildman–Crippen MR) is 87.9 cm³/mol. The van der Waals surface area contributed by atoms with Crippen LogP contribution < -0.4 is 10.6 Å². The van der Waals surface area contributed by atoms with Crippen molar-refractivity contribution in [1.82, 2.24) is 10.6 Å². The molecular formula is C16H12ClF3N2OS. The maximum Gasteiger partial charge on any atom is 0.416 e. The van der Waals surface area contributed by atoms with E-state index in [9.17, 15) is 18.0 Å². The first-order valence-electron chi connectivity index (χ1n) is 6.76. The number of nitrogens with one attached hydrogen (secondary N) is 2. The molecule has 0 aliphatic rings. The van der Waals surface area contributed by atoms with Crippen LogP contribution >= 0.6 is 22.9 Å². The van der Waals surface area contributed by atoms with Gasteiger partial charge in [0.15, 0.2) is 0 Å². The molecule has 2 aromatic rings. The van der Waals surface area contributed by atoms with Crippen molar-refractivity contribution < 1.29 is 18.0 Å². The number of carbonyl (C=O) groups excluding carboxylic acids is 1. The number of halogens is 4. The number of benzene rings is 1. The topological polar surface area (TPSA) is 41.1 Å². The Morgan fingerprint density at radius 3 is 2.67 bits per heavy atom. The first-order chi connectivity index (χ1) is 11.3. The molecule has 1 aromatic heterocycles. The van der Waals surface area contributed by atoms with Crippen LogP contribution in [0.3, 0.4) is 0 Å². The Labute approximate surface area is 145 Å². The van der Waals surface area contributed by atoms with Crippen LogP contribution in [-0.4, -0.2) is 12.6 Å². The van der Waals surface area contributed by atoms with Crippen LogP contribution in [0.4, 0.5) is 18.0 Å². The normalized spacial score (nSPS) is 10.7. The Morgan fingerprint density at radius 1 is 1.21 bits per heavy atom. The van der Waals surface area contributed by atoms with Crippen LogP contribution in [0.2, 0.25) is 4.34 Å². The average molecular weight is 373 g/mol. The summed E-state index contributed by atoms with van der Waals surface area (Å²) in [5.41, 5.74) is -0.519. The molecule has 0 fully saturated rings. The van der Waals surface area contributed by atoms with Crippen LogP contribution in [-0.2, 0) is 12.7 Å². The number of alkyl halides is 3. The Morgan fingerprint density at radius 2 is 2.00 bits per heavy atom. The lowest BCUT2D eigenvalue weighted by Crippen LogP contribution is -2.34. The van der Waals surface area contributed by atoms with Crippen LogP contribution in [0, 0.1) is 11.8 Å². The predicted octanol–water partition coefficient (Wildman–Crippen LogP) is 4.27. The van der Waals surface area contributed by atoms with E-state index in [0.29, 0.717) is 10.9 Å². The zero-order chi connectivity index (χ0) is 17.6. The zero-order valence-electron chi connectivity index (χ0n) is 12.2. The van der Waals surface area contributed by atoms with Crippen molar-refractivity contribution in [1.29, 1.82) is 0 Å². The Hall–Kier alpha value is -2.17. The number of urea groups is 1. The third-order valence-electron chi connectivity index (χ3n) is 2.81. The second-order valence-corrected chi connectivity index (χ2v) is 6.42. The van der Waals surface area contributed by atoms with Crippen LogP contribution in [0.15, 0.2) is 36.4 Å². The third-order valence-corrected chi connectivity index (χ3v) is 4.04. The number of thiophene rings is 1. The summed E-state index contributed by atoms with van der Waals surface area (Å²) >= 11 is 7.14. The minimum atomic E-state index is -4.40. The van der Waals surface area contributed by atoms with E-state index in [-0.39, 0.29) is 12.1 Å². The molecule has 2 N–H and O–H groups in total. The summed E-state index contributed by atoms with van der Waals surface area (Å²) in [5.74, 6) is 5.19. The van der Waals surface area contributed by atoms with Gasteiger partial charge in [0.2, 0.25) is 0 Å². The number of carbonyl (C=O) groups is 1. The van der Waals surface area contributed by atoms with Gasteiger partial charge in [-0.2, -0.15) is 13.2 Å². The van der Waals surface area contributed by atoms with Gasteiger partial charge in [0.25, 0.3) is 0 Å².